The number of nitrogens with two attached hydrogens (primary N) is 1. The molecule has 1 heterocycles. The number of halogens is 3. The minimum Gasteiger partial charge on any atom is -0.346 e. The summed E-state index contributed by atoms with van der Waals surface area (Å²) in [7, 11) is 1.75. The molecule has 0 aromatic rings. The maximum Gasteiger partial charge on any atom is 0.401 e. The average molecular weight is 310 g/mol. The molecular weight excluding hydrogens is 285 g/mol. The molecule has 0 aliphatic carbocycles. The predicted octanol–water partition coefficient (Wildman–Crippen LogP) is 0.364. The Bertz CT molecular complexity index is 317. The third-order valence-electron chi connectivity index (χ3n) is 3.63. The number of hydrogen-bond donors (Lipinski definition) is 1. The van der Waals surface area contributed by atoms with Gasteiger partial charge in [0.15, 0.2) is 0 Å². The molecule has 124 valence electrons. The van der Waals surface area contributed by atoms with Crippen LogP contribution in [0, 0.1) is 0 Å². The smallest absolute Gasteiger partial charge is 0.346 e. The van der Waals surface area contributed by atoms with Gasteiger partial charge in [-0.2, -0.15) is 13.2 Å². The van der Waals surface area contributed by atoms with Gasteiger partial charge in [0.25, 0.3) is 0 Å². The van der Waals surface area contributed by atoms with E-state index in [0.29, 0.717) is 52.2 Å². The van der Waals surface area contributed by atoms with Gasteiger partial charge >= 0.3 is 6.18 Å². The molecule has 0 unspecified atom stereocenters. The number of hydrogen-bond acceptors (Lipinski definition) is 4. The van der Waals surface area contributed by atoms with Crippen molar-refractivity contribution in [1.29, 1.82) is 0 Å². The van der Waals surface area contributed by atoms with Crippen molar-refractivity contribution >= 4 is 5.91 Å². The predicted molar refractivity (Wildman–Crippen MR) is 74.9 cm³/mol. The summed E-state index contributed by atoms with van der Waals surface area (Å²) in [6.07, 6.45) is -2.96. The molecule has 1 fully saturated rings. The van der Waals surface area contributed by atoms with E-state index in [2.05, 4.69) is 0 Å². The summed E-state index contributed by atoms with van der Waals surface area (Å²) in [5, 5.41) is 0. The van der Waals surface area contributed by atoms with E-state index in [0.717, 1.165) is 6.42 Å². The molecule has 0 bridgehead atoms. The monoisotopic (exact) mass is 310 g/mol. The quantitative estimate of drug-likeness (QED) is 0.738. The molecule has 2 N–H and O–H groups in total. The van der Waals surface area contributed by atoms with E-state index in [1.54, 1.807) is 11.9 Å². The Morgan fingerprint density at radius 1 is 1.19 bits per heavy atom. The molecule has 1 amide bonds. The van der Waals surface area contributed by atoms with Crippen LogP contribution in [0.4, 0.5) is 13.2 Å². The second-order valence-corrected chi connectivity index (χ2v) is 5.44. The maximum atomic E-state index is 12.3. The number of carbonyl (C=O) groups excluding carboxylic acids is 1. The van der Waals surface area contributed by atoms with Crippen LogP contribution in [0.25, 0.3) is 0 Å². The highest BCUT2D eigenvalue weighted by atomic mass is 19.4. The summed E-state index contributed by atoms with van der Waals surface area (Å²) in [6.45, 7) is 2.92. The van der Waals surface area contributed by atoms with E-state index in [1.165, 1.54) is 4.90 Å². The lowest BCUT2D eigenvalue weighted by atomic mass is 10.2. The van der Waals surface area contributed by atoms with E-state index in [4.69, 9.17) is 5.73 Å². The first-order valence-corrected chi connectivity index (χ1v) is 7.27. The van der Waals surface area contributed by atoms with Gasteiger partial charge in [0.1, 0.15) is 0 Å². The fourth-order valence-electron chi connectivity index (χ4n) is 2.32. The normalized spacial score (nSPS) is 18.0. The van der Waals surface area contributed by atoms with Crippen molar-refractivity contribution < 1.29 is 18.0 Å². The summed E-state index contributed by atoms with van der Waals surface area (Å²) in [5.41, 5.74) is 5.39. The van der Waals surface area contributed by atoms with Crippen LogP contribution < -0.4 is 5.73 Å². The number of carbonyl (C=O) groups is 1. The van der Waals surface area contributed by atoms with E-state index in [-0.39, 0.29) is 5.91 Å². The van der Waals surface area contributed by atoms with Crippen LogP contribution in [0.15, 0.2) is 0 Å². The van der Waals surface area contributed by atoms with Crippen LogP contribution in [0.3, 0.4) is 0 Å². The zero-order valence-electron chi connectivity index (χ0n) is 12.5. The van der Waals surface area contributed by atoms with Gasteiger partial charge in [-0.3, -0.25) is 9.69 Å². The van der Waals surface area contributed by atoms with Crippen molar-refractivity contribution in [3.63, 3.8) is 0 Å². The number of alkyl halides is 3. The second kappa shape index (κ2) is 8.55. The zero-order valence-corrected chi connectivity index (χ0v) is 12.5. The molecule has 0 aromatic heterocycles. The van der Waals surface area contributed by atoms with Crippen LogP contribution >= 0.6 is 0 Å². The molecule has 0 saturated carbocycles. The molecule has 0 radical (unpaired) electrons. The molecule has 1 aliphatic heterocycles. The number of piperazine rings is 1. The van der Waals surface area contributed by atoms with Crippen LogP contribution in [0.1, 0.15) is 12.8 Å². The lowest BCUT2D eigenvalue weighted by Gasteiger charge is -2.35. The van der Waals surface area contributed by atoms with E-state index in [1.807, 2.05) is 4.90 Å². The topological polar surface area (TPSA) is 52.8 Å². The molecule has 0 atom stereocenters. The third-order valence-corrected chi connectivity index (χ3v) is 3.63. The van der Waals surface area contributed by atoms with Gasteiger partial charge in [-0.15, -0.1) is 0 Å². The Hall–Kier alpha value is -0.860. The highest BCUT2D eigenvalue weighted by Crippen LogP contribution is 2.17. The van der Waals surface area contributed by atoms with E-state index < -0.39 is 12.7 Å². The molecular formula is C13H25F3N4O. The summed E-state index contributed by atoms with van der Waals surface area (Å²) >= 11 is 0. The van der Waals surface area contributed by atoms with Crippen molar-refractivity contribution in [3.05, 3.63) is 0 Å². The first-order chi connectivity index (χ1) is 9.81. The second-order valence-electron chi connectivity index (χ2n) is 5.44. The van der Waals surface area contributed by atoms with Gasteiger partial charge in [0, 0.05) is 52.7 Å². The van der Waals surface area contributed by atoms with Crippen LogP contribution in [0.5, 0.6) is 0 Å². The van der Waals surface area contributed by atoms with Gasteiger partial charge in [-0.05, 0) is 13.0 Å². The number of amides is 1. The largest absolute Gasteiger partial charge is 0.401 e. The zero-order chi connectivity index (χ0) is 15.9. The minimum absolute atomic E-state index is 0.0566. The lowest BCUT2D eigenvalue weighted by molar-refractivity contribution is -0.149. The van der Waals surface area contributed by atoms with Crippen molar-refractivity contribution in [2.45, 2.75) is 19.0 Å². The standard InChI is InChI=1S/C13H25F3N4O/c1-18(5-2-4-17)12(21)3-6-19-7-9-20(10-8-19)11-13(14,15)16/h2-11,17H2,1H3. The Balaban J connectivity index is 2.19. The maximum absolute atomic E-state index is 12.3. The third kappa shape index (κ3) is 7.63. The molecule has 0 aromatic carbocycles. The average Bonchev–Trinajstić information content (AvgIpc) is 2.42. The molecule has 5 nitrogen and oxygen atoms in total. The molecule has 1 aliphatic rings. The van der Waals surface area contributed by atoms with Crippen LogP contribution in [-0.4, -0.2) is 86.2 Å². The SMILES string of the molecule is CN(CCCN)C(=O)CCN1CCN(CC(F)(F)F)CC1. The first-order valence-electron chi connectivity index (χ1n) is 7.27. The van der Waals surface area contributed by atoms with Crippen molar-refractivity contribution in [2.75, 3.05) is 59.4 Å². The summed E-state index contributed by atoms with van der Waals surface area (Å²) < 4.78 is 36.8. The summed E-state index contributed by atoms with van der Waals surface area (Å²) in [4.78, 5) is 17.0. The van der Waals surface area contributed by atoms with Gasteiger partial charge in [-0.25, -0.2) is 0 Å². The van der Waals surface area contributed by atoms with Crippen molar-refractivity contribution in [3.8, 4) is 0 Å². The molecule has 1 rings (SSSR count). The number of rotatable bonds is 7. The Morgan fingerprint density at radius 3 is 2.29 bits per heavy atom. The fourth-order valence-corrected chi connectivity index (χ4v) is 2.32. The van der Waals surface area contributed by atoms with Crippen molar-refractivity contribution in [1.82, 2.24) is 14.7 Å². The summed E-state index contributed by atoms with van der Waals surface area (Å²) in [6, 6.07) is 0. The molecule has 8 heteroatoms. The molecule has 0 spiro atoms. The first kappa shape index (κ1) is 18.2. The molecule has 1 saturated heterocycles. The van der Waals surface area contributed by atoms with E-state index in [9.17, 15) is 18.0 Å². The van der Waals surface area contributed by atoms with Crippen molar-refractivity contribution in [2.24, 2.45) is 5.73 Å². The van der Waals surface area contributed by atoms with Crippen LogP contribution in [-0.2, 0) is 4.79 Å². The van der Waals surface area contributed by atoms with E-state index >= 15 is 0 Å². The van der Waals surface area contributed by atoms with Crippen LogP contribution in [0.2, 0.25) is 0 Å². The van der Waals surface area contributed by atoms with Gasteiger partial charge < -0.3 is 15.5 Å². The van der Waals surface area contributed by atoms with Gasteiger partial charge in [0.05, 0.1) is 6.54 Å². The Morgan fingerprint density at radius 2 is 1.76 bits per heavy atom. The van der Waals surface area contributed by atoms with Gasteiger partial charge in [0.2, 0.25) is 5.91 Å². The Kier molecular flexibility index (Phi) is 7.41. The molecule has 21 heavy (non-hydrogen) atoms. The van der Waals surface area contributed by atoms with Gasteiger partial charge in [-0.1, -0.05) is 0 Å². The fraction of sp³-hybridized carbons (Fsp3) is 0.923. The Labute approximate surface area is 123 Å². The number of nitrogens with zero attached hydrogens (tertiary/aromatic N) is 3. The summed E-state index contributed by atoms with van der Waals surface area (Å²) in [5.74, 6) is 0.0566. The minimum atomic E-state index is -4.14. The highest BCUT2D eigenvalue weighted by Gasteiger charge is 2.32. The lowest BCUT2D eigenvalue weighted by Crippen LogP contribution is -2.49. The highest BCUT2D eigenvalue weighted by molar-refractivity contribution is 5.76.